The molecule has 0 unspecified atom stereocenters. The molecule has 1 aromatic carbocycles. The first-order chi connectivity index (χ1) is 11.6. The maximum atomic E-state index is 12.3. The highest BCUT2D eigenvalue weighted by molar-refractivity contribution is 8.00. The molecule has 2 aromatic rings. The molecule has 0 fully saturated rings. The molecule has 126 valence electrons. The Hall–Kier alpha value is -1.93. The first-order valence-corrected chi connectivity index (χ1v) is 9.35. The molecule has 0 atom stereocenters. The molecule has 6 nitrogen and oxygen atoms in total. The van der Waals surface area contributed by atoms with Crippen molar-refractivity contribution in [2.45, 2.75) is 16.5 Å². The smallest absolute Gasteiger partial charge is 0.267 e. The molecular formula is C16H17N3O3S2. The number of fused-ring (bicyclic) bond motifs is 1. The van der Waals surface area contributed by atoms with E-state index in [1.165, 1.54) is 16.3 Å². The van der Waals surface area contributed by atoms with Crippen LogP contribution in [0.3, 0.4) is 0 Å². The van der Waals surface area contributed by atoms with Crippen LogP contribution in [0.1, 0.15) is 5.69 Å². The molecule has 2 heterocycles. The molecule has 1 aliphatic heterocycles. The van der Waals surface area contributed by atoms with Crippen molar-refractivity contribution in [2.24, 2.45) is 7.05 Å². The fourth-order valence-electron chi connectivity index (χ4n) is 2.33. The van der Waals surface area contributed by atoms with Gasteiger partial charge in [-0.2, -0.15) is 0 Å². The van der Waals surface area contributed by atoms with Crippen molar-refractivity contribution in [3.05, 3.63) is 40.3 Å². The van der Waals surface area contributed by atoms with E-state index in [1.54, 1.807) is 38.1 Å². The van der Waals surface area contributed by atoms with Crippen LogP contribution in [0.4, 0.5) is 5.69 Å². The summed E-state index contributed by atoms with van der Waals surface area (Å²) in [6.45, 7) is 0. The van der Waals surface area contributed by atoms with Gasteiger partial charge in [0.15, 0.2) is 5.16 Å². The van der Waals surface area contributed by atoms with Gasteiger partial charge in [-0.3, -0.25) is 14.2 Å². The zero-order valence-corrected chi connectivity index (χ0v) is 15.0. The Kier molecular flexibility index (Phi) is 5.15. The molecule has 0 aliphatic carbocycles. The van der Waals surface area contributed by atoms with E-state index < -0.39 is 0 Å². The van der Waals surface area contributed by atoms with Gasteiger partial charge in [0.05, 0.1) is 23.5 Å². The molecule has 1 aliphatic rings. The zero-order chi connectivity index (χ0) is 17.1. The van der Waals surface area contributed by atoms with Crippen molar-refractivity contribution in [1.82, 2.24) is 9.55 Å². The maximum absolute atomic E-state index is 12.3. The minimum Gasteiger partial charge on any atom is -0.497 e. The lowest BCUT2D eigenvalue weighted by atomic mass is 10.3. The minimum atomic E-state index is -0.155. The molecule has 1 aromatic heterocycles. The molecule has 0 radical (unpaired) electrons. The molecule has 0 saturated heterocycles. The van der Waals surface area contributed by atoms with Crippen LogP contribution in [0, 0.1) is 0 Å². The normalized spacial score (nSPS) is 12.8. The van der Waals surface area contributed by atoms with Gasteiger partial charge in [-0.15, -0.1) is 11.8 Å². The van der Waals surface area contributed by atoms with E-state index in [0.29, 0.717) is 16.6 Å². The Morgan fingerprint density at radius 1 is 1.50 bits per heavy atom. The summed E-state index contributed by atoms with van der Waals surface area (Å²) in [6.07, 6.45) is 0.805. The second-order valence-electron chi connectivity index (χ2n) is 5.20. The number of aryl methyl sites for hydroxylation is 1. The Balaban J connectivity index is 1.66. The van der Waals surface area contributed by atoms with Gasteiger partial charge >= 0.3 is 0 Å². The Morgan fingerprint density at radius 2 is 2.33 bits per heavy atom. The number of hydrogen-bond donors (Lipinski definition) is 1. The summed E-state index contributed by atoms with van der Waals surface area (Å²) < 4.78 is 6.65. The van der Waals surface area contributed by atoms with Crippen LogP contribution in [-0.2, 0) is 18.3 Å². The summed E-state index contributed by atoms with van der Waals surface area (Å²) >= 11 is 2.81. The number of amides is 1. The highest BCUT2D eigenvalue weighted by Gasteiger charge is 2.20. The molecule has 24 heavy (non-hydrogen) atoms. The van der Waals surface area contributed by atoms with Crippen molar-refractivity contribution in [2.75, 3.05) is 23.9 Å². The average molecular weight is 363 g/mol. The van der Waals surface area contributed by atoms with Crippen LogP contribution in [-0.4, -0.2) is 34.1 Å². The van der Waals surface area contributed by atoms with E-state index in [2.05, 4.69) is 10.3 Å². The van der Waals surface area contributed by atoms with Crippen molar-refractivity contribution in [1.29, 1.82) is 0 Å². The molecule has 1 amide bonds. The molecule has 8 heteroatoms. The van der Waals surface area contributed by atoms with E-state index in [9.17, 15) is 9.59 Å². The number of benzene rings is 1. The van der Waals surface area contributed by atoms with E-state index in [1.807, 2.05) is 12.1 Å². The molecule has 1 N–H and O–H groups in total. The van der Waals surface area contributed by atoms with Gasteiger partial charge in [0.25, 0.3) is 5.56 Å². The summed E-state index contributed by atoms with van der Waals surface area (Å²) in [5.74, 6) is 1.60. The number of methoxy groups -OCH3 is 1. The van der Waals surface area contributed by atoms with Gasteiger partial charge in [-0.1, -0.05) is 17.8 Å². The first-order valence-electron chi connectivity index (χ1n) is 7.38. The van der Waals surface area contributed by atoms with Crippen LogP contribution < -0.4 is 15.6 Å². The molecule has 3 rings (SSSR count). The van der Waals surface area contributed by atoms with Crippen LogP contribution in [0.15, 0.2) is 39.1 Å². The fraction of sp³-hybridized carbons (Fsp3) is 0.312. The summed E-state index contributed by atoms with van der Waals surface area (Å²) in [4.78, 5) is 29.6. The van der Waals surface area contributed by atoms with Gasteiger partial charge in [0.1, 0.15) is 5.75 Å². The highest BCUT2D eigenvalue weighted by atomic mass is 32.2. The van der Waals surface area contributed by atoms with Crippen LogP contribution in [0.5, 0.6) is 5.75 Å². The monoisotopic (exact) mass is 363 g/mol. The lowest BCUT2D eigenvalue weighted by molar-refractivity contribution is -0.113. The number of nitrogens with zero attached hydrogens (tertiary/aromatic N) is 2. The van der Waals surface area contributed by atoms with Crippen LogP contribution in [0.25, 0.3) is 0 Å². The number of hydrogen-bond acceptors (Lipinski definition) is 6. The molecular weight excluding hydrogens is 346 g/mol. The summed E-state index contributed by atoms with van der Waals surface area (Å²) in [6, 6.07) is 7.17. The minimum absolute atomic E-state index is 0.0294. The van der Waals surface area contributed by atoms with Crippen molar-refractivity contribution < 1.29 is 9.53 Å². The zero-order valence-electron chi connectivity index (χ0n) is 13.4. The van der Waals surface area contributed by atoms with Gasteiger partial charge in [-0.25, -0.2) is 4.98 Å². The van der Waals surface area contributed by atoms with Gasteiger partial charge in [0, 0.05) is 31.0 Å². The summed E-state index contributed by atoms with van der Waals surface area (Å²) in [5, 5.41) is 3.39. The van der Waals surface area contributed by atoms with Gasteiger partial charge in [-0.05, 0) is 12.1 Å². The summed E-state index contributed by atoms with van der Waals surface area (Å²) in [7, 11) is 3.27. The van der Waals surface area contributed by atoms with Crippen LogP contribution in [0.2, 0.25) is 0 Å². The lowest BCUT2D eigenvalue weighted by Gasteiger charge is -2.10. The van der Waals surface area contributed by atoms with Crippen LogP contribution >= 0.6 is 23.5 Å². The average Bonchev–Trinajstić information content (AvgIpc) is 3.05. The van der Waals surface area contributed by atoms with E-state index in [0.717, 1.165) is 22.8 Å². The third-order valence-electron chi connectivity index (χ3n) is 3.55. The topological polar surface area (TPSA) is 73.2 Å². The van der Waals surface area contributed by atoms with Crippen molar-refractivity contribution in [3.63, 3.8) is 0 Å². The number of anilines is 1. The van der Waals surface area contributed by atoms with E-state index in [4.69, 9.17) is 4.74 Å². The standard InChI is InChI=1S/C16H17N3O3S2/c1-19-15(21)14-12(6-7-23-14)18-16(19)24-9-13(20)17-10-4-3-5-11(8-10)22-2/h3-5,8H,6-7,9H2,1-2H3,(H,17,20). The lowest BCUT2D eigenvalue weighted by Crippen LogP contribution is -2.23. The predicted molar refractivity (Wildman–Crippen MR) is 96.3 cm³/mol. The highest BCUT2D eigenvalue weighted by Crippen LogP contribution is 2.28. The number of rotatable bonds is 5. The third kappa shape index (κ3) is 3.59. The second-order valence-corrected chi connectivity index (χ2v) is 7.25. The first kappa shape index (κ1) is 16.9. The Labute approximate surface area is 148 Å². The maximum Gasteiger partial charge on any atom is 0.267 e. The number of aromatic nitrogens is 2. The number of thioether (sulfide) groups is 2. The van der Waals surface area contributed by atoms with Gasteiger partial charge in [0.2, 0.25) is 5.91 Å². The van der Waals surface area contributed by atoms with Gasteiger partial charge < -0.3 is 10.1 Å². The largest absolute Gasteiger partial charge is 0.497 e. The van der Waals surface area contributed by atoms with Crippen molar-refractivity contribution >= 4 is 35.1 Å². The number of ether oxygens (including phenoxy) is 1. The van der Waals surface area contributed by atoms with Crippen molar-refractivity contribution in [3.8, 4) is 5.75 Å². The fourth-order valence-corrected chi connectivity index (χ4v) is 4.18. The predicted octanol–water partition coefficient (Wildman–Crippen LogP) is 2.17. The second kappa shape index (κ2) is 7.31. The number of carbonyl (C=O) groups excluding carboxylic acids is 1. The summed E-state index contributed by atoms with van der Waals surface area (Å²) in [5.41, 5.74) is 1.49. The van der Waals surface area contributed by atoms with E-state index in [-0.39, 0.29) is 17.2 Å². The molecule has 0 spiro atoms. The molecule has 0 saturated carbocycles. The number of carbonyl (C=O) groups is 1. The SMILES string of the molecule is COc1cccc(NC(=O)CSc2nc3c(c(=O)n2C)SCC3)c1. The van der Waals surface area contributed by atoms with E-state index >= 15 is 0 Å². The molecule has 0 bridgehead atoms. The number of nitrogens with one attached hydrogen (secondary N) is 1. The Morgan fingerprint density at radius 3 is 3.12 bits per heavy atom. The third-order valence-corrected chi connectivity index (χ3v) is 5.69. The Bertz CT molecular complexity index is 836. The quantitative estimate of drug-likeness (QED) is 0.648.